The number of nitrogens with zero attached hydrogens (tertiary/aromatic N) is 3. The van der Waals surface area contributed by atoms with E-state index >= 15 is 0 Å². The predicted molar refractivity (Wildman–Crippen MR) is 115 cm³/mol. The van der Waals surface area contributed by atoms with Gasteiger partial charge >= 0.3 is 12.2 Å². The average Bonchev–Trinajstić information content (AvgIpc) is 2.70. The molecule has 32 heavy (non-hydrogen) atoms. The van der Waals surface area contributed by atoms with Crippen LogP contribution in [0.3, 0.4) is 0 Å². The molecule has 2 amide bonds. The van der Waals surface area contributed by atoms with Gasteiger partial charge in [0.1, 0.15) is 11.6 Å². The number of carbonyl (C=O) groups is 1. The summed E-state index contributed by atoms with van der Waals surface area (Å²) in [7, 11) is 3.78. The molecule has 3 N–H and O–H groups in total. The number of fused-ring (bicyclic) bond motifs is 1. The van der Waals surface area contributed by atoms with Crippen LogP contribution in [0.15, 0.2) is 42.5 Å². The first kappa shape index (κ1) is 23.2. The Morgan fingerprint density at radius 1 is 1.00 bits per heavy atom. The van der Waals surface area contributed by atoms with Gasteiger partial charge in [-0.3, -0.25) is 5.32 Å². The number of benzene rings is 2. The number of aromatic nitrogens is 2. The lowest BCUT2D eigenvalue weighted by molar-refractivity contribution is -0.141. The lowest BCUT2D eigenvalue weighted by atomic mass is 10.1. The van der Waals surface area contributed by atoms with Crippen molar-refractivity contribution in [3.05, 3.63) is 54.0 Å². The van der Waals surface area contributed by atoms with Crippen LogP contribution < -0.4 is 16.0 Å². The number of nitrogens with one attached hydrogen (secondary N) is 3. The monoisotopic (exact) mass is 450 g/mol. The van der Waals surface area contributed by atoms with Crippen molar-refractivity contribution in [2.24, 2.45) is 0 Å². The van der Waals surface area contributed by atoms with Crippen molar-refractivity contribution in [1.82, 2.24) is 14.9 Å². The van der Waals surface area contributed by atoms with E-state index in [9.17, 15) is 22.4 Å². The summed E-state index contributed by atoms with van der Waals surface area (Å²) in [6, 6.07) is 8.94. The highest BCUT2D eigenvalue weighted by atomic mass is 19.4. The number of anilines is 3. The highest BCUT2D eigenvalue weighted by Crippen LogP contribution is 2.29. The lowest BCUT2D eigenvalue weighted by Crippen LogP contribution is -2.23. The Morgan fingerprint density at radius 2 is 1.72 bits per heavy atom. The molecule has 170 valence electrons. The minimum atomic E-state index is -4.70. The van der Waals surface area contributed by atoms with E-state index in [1.807, 2.05) is 19.0 Å². The molecule has 0 bridgehead atoms. The minimum Gasteiger partial charge on any atom is -0.370 e. The van der Waals surface area contributed by atoms with Crippen molar-refractivity contribution < 1.29 is 22.4 Å². The van der Waals surface area contributed by atoms with Gasteiger partial charge in [-0.1, -0.05) is 12.1 Å². The van der Waals surface area contributed by atoms with Gasteiger partial charge in [0, 0.05) is 18.3 Å². The Labute approximate surface area is 181 Å². The molecule has 0 unspecified atom stereocenters. The zero-order valence-electron chi connectivity index (χ0n) is 17.4. The molecule has 0 radical (unpaired) electrons. The quantitative estimate of drug-likeness (QED) is 0.356. The highest BCUT2D eigenvalue weighted by molar-refractivity contribution is 6.00. The van der Waals surface area contributed by atoms with Crippen molar-refractivity contribution >= 4 is 34.3 Å². The Bertz CT molecular complexity index is 1100. The third-order valence-corrected chi connectivity index (χ3v) is 4.39. The standard InChI is InChI=1S/C21H22F4N6O/c1-31(2)9-3-8-26-18-12-17(21(23,24)25)28-19(29-18)30-20(32)27-16-7-5-13-10-15(22)6-4-14(13)11-16/h4-7,10-12H,3,8-9H2,1-2H3,(H3,26,27,28,29,30,32). The van der Waals surface area contributed by atoms with E-state index in [2.05, 4.69) is 25.9 Å². The van der Waals surface area contributed by atoms with Crippen LogP contribution >= 0.6 is 0 Å². The molecular weight excluding hydrogens is 428 g/mol. The first-order valence-electron chi connectivity index (χ1n) is 9.72. The molecule has 1 heterocycles. The maximum atomic E-state index is 13.3. The van der Waals surface area contributed by atoms with Gasteiger partial charge in [0.25, 0.3) is 0 Å². The molecule has 11 heteroatoms. The number of alkyl halides is 3. The molecule has 0 spiro atoms. The van der Waals surface area contributed by atoms with Crippen LogP contribution in [0.5, 0.6) is 0 Å². The SMILES string of the molecule is CN(C)CCCNc1cc(C(F)(F)F)nc(NC(=O)Nc2ccc3cc(F)ccc3c2)n1. The van der Waals surface area contributed by atoms with E-state index < -0.39 is 23.8 Å². The summed E-state index contributed by atoms with van der Waals surface area (Å²) >= 11 is 0. The Kier molecular flexibility index (Phi) is 7.08. The Morgan fingerprint density at radius 3 is 2.44 bits per heavy atom. The van der Waals surface area contributed by atoms with Crippen molar-refractivity contribution in [2.75, 3.05) is 43.1 Å². The third-order valence-electron chi connectivity index (χ3n) is 4.39. The molecule has 0 aliphatic carbocycles. The molecule has 0 saturated heterocycles. The molecule has 1 aromatic heterocycles. The highest BCUT2D eigenvalue weighted by Gasteiger charge is 2.34. The van der Waals surface area contributed by atoms with Gasteiger partial charge < -0.3 is 15.5 Å². The van der Waals surface area contributed by atoms with Gasteiger partial charge in [-0.05, 0) is 62.1 Å². The number of rotatable bonds is 7. The number of carbonyl (C=O) groups excluding carboxylic acids is 1. The van der Waals surface area contributed by atoms with Crippen LogP contribution in [0.2, 0.25) is 0 Å². The molecule has 3 aromatic rings. The number of amides is 2. The van der Waals surface area contributed by atoms with Gasteiger partial charge in [0.2, 0.25) is 5.95 Å². The van der Waals surface area contributed by atoms with Gasteiger partial charge in [-0.2, -0.15) is 18.2 Å². The van der Waals surface area contributed by atoms with Crippen molar-refractivity contribution in [3.8, 4) is 0 Å². The number of hydrogen-bond donors (Lipinski definition) is 3. The predicted octanol–water partition coefficient (Wildman–Crippen LogP) is 4.80. The number of halogens is 4. The number of urea groups is 1. The van der Waals surface area contributed by atoms with Crippen molar-refractivity contribution in [1.29, 1.82) is 0 Å². The zero-order chi connectivity index (χ0) is 23.3. The maximum Gasteiger partial charge on any atom is 0.433 e. The average molecular weight is 450 g/mol. The topological polar surface area (TPSA) is 82.2 Å². The second-order valence-corrected chi connectivity index (χ2v) is 7.33. The smallest absolute Gasteiger partial charge is 0.370 e. The fourth-order valence-electron chi connectivity index (χ4n) is 2.91. The molecule has 0 aliphatic heterocycles. The van der Waals surface area contributed by atoms with Gasteiger partial charge in [-0.15, -0.1) is 0 Å². The van der Waals surface area contributed by atoms with E-state index in [1.54, 1.807) is 24.3 Å². The molecule has 0 atom stereocenters. The number of hydrogen-bond acceptors (Lipinski definition) is 5. The summed E-state index contributed by atoms with van der Waals surface area (Å²) in [5.74, 6) is -0.923. The van der Waals surface area contributed by atoms with Crippen LogP contribution in [0.1, 0.15) is 12.1 Å². The molecule has 0 aliphatic rings. The van der Waals surface area contributed by atoms with Crippen LogP contribution in [0.25, 0.3) is 10.8 Å². The van der Waals surface area contributed by atoms with E-state index in [0.29, 0.717) is 29.4 Å². The first-order valence-corrected chi connectivity index (χ1v) is 9.72. The Balaban J connectivity index is 1.72. The molecule has 0 fully saturated rings. The van der Waals surface area contributed by atoms with E-state index in [1.165, 1.54) is 12.1 Å². The fourth-order valence-corrected chi connectivity index (χ4v) is 2.91. The van der Waals surface area contributed by atoms with E-state index in [0.717, 1.165) is 12.6 Å². The first-order chi connectivity index (χ1) is 15.1. The van der Waals surface area contributed by atoms with E-state index in [-0.39, 0.29) is 11.6 Å². The van der Waals surface area contributed by atoms with Crippen LogP contribution in [0, 0.1) is 5.82 Å². The van der Waals surface area contributed by atoms with Crippen molar-refractivity contribution in [3.63, 3.8) is 0 Å². The summed E-state index contributed by atoms with van der Waals surface area (Å²) in [5.41, 5.74) is -0.804. The summed E-state index contributed by atoms with van der Waals surface area (Å²) in [4.78, 5) is 21.6. The molecule has 3 rings (SSSR count). The Hall–Kier alpha value is -3.47. The zero-order valence-corrected chi connectivity index (χ0v) is 17.4. The van der Waals surface area contributed by atoms with Gasteiger partial charge in [0.15, 0.2) is 5.69 Å². The molecule has 2 aromatic carbocycles. The molecular formula is C21H22F4N6O. The van der Waals surface area contributed by atoms with Crippen LogP contribution in [-0.4, -0.2) is 48.1 Å². The second-order valence-electron chi connectivity index (χ2n) is 7.33. The molecule has 0 saturated carbocycles. The van der Waals surface area contributed by atoms with Crippen LogP contribution in [0.4, 0.5) is 39.8 Å². The van der Waals surface area contributed by atoms with Gasteiger partial charge in [-0.25, -0.2) is 14.2 Å². The maximum absolute atomic E-state index is 13.3. The van der Waals surface area contributed by atoms with E-state index in [4.69, 9.17) is 0 Å². The summed E-state index contributed by atoms with van der Waals surface area (Å²) in [6.07, 6.45) is -4.02. The summed E-state index contributed by atoms with van der Waals surface area (Å²) in [5, 5.41) is 8.88. The minimum absolute atomic E-state index is 0.0471. The van der Waals surface area contributed by atoms with Crippen LogP contribution in [-0.2, 0) is 6.18 Å². The largest absolute Gasteiger partial charge is 0.433 e. The van der Waals surface area contributed by atoms with Crippen molar-refractivity contribution in [2.45, 2.75) is 12.6 Å². The molecule has 7 nitrogen and oxygen atoms in total. The summed E-state index contributed by atoms with van der Waals surface area (Å²) in [6.45, 7) is 1.14. The summed E-state index contributed by atoms with van der Waals surface area (Å²) < 4.78 is 53.0. The van der Waals surface area contributed by atoms with Gasteiger partial charge in [0.05, 0.1) is 0 Å². The lowest BCUT2D eigenvalue weighted by Gasteiger charge is -2.14. The second kappa shape index (κ2) is 9.77. The fraction of sp³-hybridized carbons (Fsp3) is 0.286. The third kappa shape index (κ3) is 6.51. The normalized spacial score (nSPS) is 11.6.